The molecule has 0 spiro atoms. The van der Waals surface area contributed by atoms with E-state index < -0.39 is 0 Å². The van der Waals surface area contributed by atoms with Crippen molar-refractivity contribution in [2.75, 3.05) is 6.54 Å². The van der Waals surface area contributed by atoms with Crippen LogP contribution in [-0.4, -0.2) is 22.4 Å². The van der Waals surface area contributed by atoms with E-state index in [1.165, 1.54) is 5.57 Å². The maximum absolute atomic E-state index is 4.13. The minimum atomic E-state index is 0.431. The van der Waals surface area contributed by atoms with Crippen molar-refractivity contribution in [1.82, 2.24) is 15.1 Å². The Bertz CT molecular complexity index is 312. The summed E-state index contributed by atoms with van der Waals surface area (Å²) in [5.41, 5.74) is 2.50. The molecule has 1 aromatic rings. The van der Waals surface area contributed by atoms with Gasteiger partial charge in [0, 0.05) is 24.8 Å². The highest BCUT2D eigenvalue weighted by molar-refractivity contribution is 5.51. The van der Waals surface area contributed by atoms with Gasteiger partial charge in [0.15, 0.2) is 0 Å². The second kappa shape index (κ2) is 4.96. The average Bonchev–Trinajstić information content (AvgIpc) is 2.51. The second-order valence-electron chi connectivity index (χ2n) is 3.62. The molecule has 0 radical (unpaired) electrons. The molecule has 0 aromatic carbocycles. The molecule has 0 bridgehead atoms. The van der Waals surface area contributed by atoms with Crippen molar-refractivity contribution < 1.29 is 0 Å². The maximum atomic E-state index is 4.13. The summed E-state index contributed by atoms with van der Waals surface area (Å²) < 4.78 is 1.82. The van der Waals surface area contributed by atoms with Gasteiger partial charge in [-0.15, -0.1) is 0 Å². The van der Waals surface area contributed by atoms with E-state index in [1.54, 1.807) is 0 Å². The van der Waals surface area contributed by atoms with Gasteiger partial charge in [-0.1, -0.05) is 18.6 Å². The highest BCUT2D eigenvalue weighted by Gasteiger charge is 2.02. The third-order valence-corrected chi connectivity index (χ3v) is 2.31. The lowest BCUT2D eigenvalue weighted by molar-refractivity contribution is 0.636. The Balaban J connectivity index is 2.67. The lowest BCUT2D eigenvalue weighted by Gasteiger charge is -2.12. The largest absolute Gasteiger partial charge is 0.311 e. The van der Waals surface area contributed by atoms with Gasteiger partial charge in [0.05, 0.1) is 6.20 Å². The molecule has 0 aliphatic heterocycles. The normalized spacial score (nSPS) is 14.4. The van der Waals surface area contributed by atoms with Gasteiger partial charge in [0.1, 0.15) is 0 Å². The number of rotatable bonds is 4. The van der Waals surface area contributed by atoms with Crippen LogP contribution in [0.1, 0.15) is 26.3 Å². The topological polar surface area (TPSA) is 29.9 Å². The van der Waals surface area contributed by atoms with Crippen molar-refractivity contribution in [3.05, 3.63) is 23.5 Å². The second-order valence-corrected chi connectivity index (χ2v) is 3.62. The smallest absolute Gasteiger partial charge is 0.0562 e. The van der Waals surface area contributed by atoms with Gasteiger partial charge in [-0.2, -0.15) is 5.10 Å². The summed E-state index contributed by atoms with van der Waals surface area (Å²) in [4.78, 5) is 0. The molecule has 78 valence electrons. The van der Waals surface area contributed by atoms with E-state index in [4.69, 9.17) is 0 Å². The van der Waals surface area contributed by atoms with E-state index in [0.29, 0.717) is 6.04 Å². The summed E-state index contributed by atoms with van der Waals surface area (Å²) in [5, 5.41) is 7.50. The lowest BCUT2D eigenvalue weighted by atomic mass is 10.1. The molecule has 1 rings (SSSR count). The molecule has 1 atom stereocenters. The molecule has 0 saturated heterocycles. The minimum absolute atomic E-state index is 0.431. The van der Waals surface area contributed by atoms with Crippen LogP contribution in [-0.2, 0) is 7.05 Å². The Hall–Kier alpha value is -1.09. The van der Waals surface area contributed by atoms with Crippen LogP contribution in [0, 0.1) is 0 Å². The fraction of sp³-hybridized carbons (Fsp3) is 0.545. The first-order valence-electron chi connectivity index (χ1n) is 5.03. The monoisotopic (exact) mass is 193 g/mol. The Kier molecular flexibility index (Phi) is 3.89. The fourth-order valence-electron chi connectivity index (χ4n) is 1.37. The summed E-state index contributed by atoms with van der Waals surface area (Å²) in [6, 6.07) is 0.431. The number of nitrogens with one attached hydrogen (secondary N) is 1. The first-order valence-corrected chi connectivity index (χ1v) is 5.03. The van der Waals surface area contributed by atoms with Crippen LogP contribution >= 0.6 is 0 Å². The maximum Gasteiger partial charge on any atom is 0.0562 e. The molecule has 0 aliphatic rings. The van der Waals surface area contributed by atoms with Crippen LogP contribution in [0.25, 0.3) is 6.08 Å². The van der Waals surface area contributed by atoms with Gasteiger partial charge in [-0.25, -0.2) is 0 Å². The van der Waals surface area contributed by atoms with E-state index in [9.17, 15) is 0 Å². The number of hydrogen-bond acceptors (Lipinski definition) is 2. The van der Waals surface area contributed by atoms with Crippen LogP contribution < -0.4 is 5.32 Å². The summed E-state index contributed by atoms with van der Waals surface area (Å²) in [6.45, 7) is 7.43. The summed E-state index contributed by atoms with van der Waals surface area (Å²) in [5.74, 6) is 0. The van der Waals surface area contributed by atoms with Crippen molar-refractivity contribution in [2.45, 2.75) is 26.8 Å². The van der Waals surface area contributed by atoms with E-state index in [2.05, 4.69) is 37.3 Å². The number of likely N-dealkylation sites (N-methyl/N-ethyl adjacent to an activating group) is 1. The molecule has 1 aromatic heterocycles. The highest BCUT2D eigenvalue weighted by Crippen LogP contribution is 2.08. The van der Waals surface area contributed by atoms with Crippen molar-refractivity contribution >= 4 is 6.08 Å². The molecule has 1 N–H and O–H groups in total. The van der Waals surface area contributed by atoms with Gasteiger partial charge in [0.2, 0.25) is 0 Å². The molecule has 1 unspecified atom stereocenters. The van der Waals surface area contributed by atoms with E-state index in [0.717, 1.165) is 12.1 Å². The predicted molar refractivity (Wildman–Crippen MR) is 60.0 cm³/mol. The fourth-order valence-corrected chi connectivity index (χ4v) is 1.37. The van der Waals surface area contributed by atoms with Gasteiger partial charge < -0.3 is 5.32 Å². The summed E-state index contributed by atoms with van der Waals surface area (Å²) in [7, 11) is 1.93. The number of nitrogens with zero attached hydrogens (tertiary/aromatic N) is 2. The molecule has 0 saturated carbocycles. The van der Waals surface area contributed by atoms with Crippen LogP contribution in [0.5, 0.6) is 0 Å². The zero-order chi connectivity index (χ0) is 10.6. The molecule has 0 amide bonds. The average molecular weight is 193 g/mol. The van der Waals surface area contributed by atoms with Gasteiger partial charge in [-0.3, -0.25) is 4.68 Å². The summed E-state index contributed by atoms with van der Waals surface area (Å²) in [6.07, 6.45) is 6.06. The molecule has 0 aliphatic carbocycles. The first-order chi connectivity index (χ1) is 6.63. The predicted octanol–water partition coefficient (Wildman–Crippen LogP) is 1.82. The summed E-state index contributed by atoms with van der Waals surface area (Å²) >= 11 is 0. The molecule has 14 heavy (non-hydrogen) atoms. The number of aryl methyl sites for hydroxylation is 1. The van der Waals surface area contributed by atoms with Crippen LogP contribution in [0.2, 0.25) is 0 Å². The Morgan fingerprint density at radius 2 is 2.43 bits per heavy atom. The Morgan fingerprint density at radius 3 is 2.93 bits per heavy atom. The molecule has 3 nitrogen and oxygen atoms in total. The van der Waals surface area contributed by atoms with E-state index in [-0.39, 0.29) is 0 Å². The van der Waals surface area contributed by atoms with Crippen LogP contribution in [0.4, 0.5) is 0 Å². The Morgan fingerprint density at radius 1 is 1.71 bits per heavy atom. The van der Waals surface area contributed by atoms with Crippen LogP contribution in [0.3, 0.4) is 0 Å². The molecule has 0 fully saturated rings. The molecule has 3 heteroatoms. The van der Waals surface area contributed by atoms with Gasteiger partial charge in [0.25, 0.3) is 0 Å². The quantitative estimate of drug-likeness (QED) is 0.790. The first kappa shape index (κ1) is 11.0. The van der Waals surface area contributed by atoms with Gasteiger partial charge in [-0.05, 0) is 20.4 Å². The lowest BCUT2D eigenvalue weighted by Crippen LogP contribution is -2.26. The zero-order valence-corrected chi connectivity index (χ0v) is 9.41. The molecular formula is C11H19N3. The third kappa shape index (κ3) is 3.00. The number of hydrogen-bond donors (Lipinski definition) is 1. The highest BCUT2D eigenvalue weighted by atomic mass is 15.2. The standard InChI is InChI=1S/C11H19N3/c1-5-12-10(3)9(2)6-11-7-13-14(4)8-11/h6-8,10,12H,5H2,1-4H3. The van der Waals surface area contributed by atoms with E-state index >= 15 is 0 Å². The van der Waals surface area contributed by atoms with E-state index in [1.807, 2.05) is 24.1 Å². The van der Waals surface area contributed by atoms with Crippen LogP contribution in [0.15, 0.2) is 18.0 Å². The van der Waals surface area contributed by atoms with Crippen molar-refractivity contribution in [1.29, 1.82) is 0 Å². The minimum Gasteiger partial charge on any atom is -0.311 e. The SMILES string of the molecule is CCNC(C)C(C)=Cc1cnn(C)c1. The number of aromatic nitrogens is 2. The Labute approximate surface area is 85.8 Å². The zero-order valence-electron chi connectivity index (χ0n) is 9.41. The third-order valence-electron chi connectivity index (χ3n) is 2.31. The molecule has 1 heterocycles. The van der Waals surface area contributed by atoms with Crippen molar-refractivity contribution in [3.63, 3.8) is 0 Å². The van der Waals surface area contributed by atoms with Crippen molar-refractivity contribution in [3.8, 4) is 0 Å². The van der Waals surface area contributed by atoms with Gasteiger partial charge >= 0.3 is 0 Å². The molecular weight excluding hydrogens is 174 g/mol. The van der Waals surface area contributed by atoms with Crippen molar-refractivity contribution in [2.24, 2.45) is 7.05 Å².